The molecule has 1 heterocycles. The molecule has 1 aromatic carbocycles. The minimum absolute atomic E-state index is 0.0472. The fourth-order valence-electron chi connectivity index (χ4n) is 1.75. The van der Waals surface area contributed by atoms with Gasteiger partial charge in [-0.3, -0.25) is 15.6 Å². The zero-order valence-corrected chi connectivity index (χ0v) is 14.4. The van der Waals surface area contributed by atoms with Crippen LogP contribution in [0.25, 0.3) is 11.1 Å². The number of hydrogen-bond donors (Lipinski definition) is 3. The molecule has 0 saturated heterocycles. The van der Waals surface area contributed by atoms with Crippen LogP contribution in [0.15, 0.2) is 33.9 Å². The van der Waals surface area contributed by atoms with Crippen LogP contribution in [0.5, 0.6) is 0 Å². The van der Waals surface area contributed by atoms with Gasteiger partial charge >= 0.3 is 0 Å². The van der Waals surface area contributed by atoms with E-state index in [0.717, 1.165) is 5.52 Å². The zero-order valence-electron chi connectivity index (χ0n) is 12.8. The average Bonchev–Trinajstić information content (AvgIpc) is 2.94. The van der Waals surface area contributed by atoms with Crippen molar-refractivity contribution in [2.24, 2.45) is 0 Å². The van der Waals surface area contributed by atoms with E-state index in [1.54, 1.807) is 7.11 Å². The predicted molar refractivity (Wildman–Crippen MR) is 93.1 cm³/mol. The van der Waals surface area contributed by atoms with E-state index in [4.69, 9.17) is 21.4 Å². The molecular formula is C14H18N4O3S2. The Morgan fingerprint density at radius 3 is 2.96 bits per heavy atom. The molecule has 0 aliphatic heterocycles. The SMILES string of the molecule is COC[C@H](C)NC(=S)NNC(=O)CSc1nc2ccccc2o1. The minimum atomic E-state index is -0.235. The van der Waals surface area contributed by atoms with Crippen LogP contribution in [0.2, 0.25) is 0 Å². The molecule has 0 fully saturated rings. The summed E-state index contributed by atoms with van der Waals surface area (Å²) in [5.74, 6) is -0.0726. The van der Waals surface area contributed by atoms with Gasteiger partial charge in [-0.05, 0) is 31.3 Å². The van der Waals surface area contributed by atoms with E-state index in [2.05, 4.69) is 21.2 Å². The molecule has 3 N–H and O–H groups in total. The molecule has 7 nitrogen and oxygen atoms in total. The number of thiocarbonyl (C=S) groups is 1. The van der Waals surface area contributed by atoms with Gasteiger partial charge in [0.1, 0.15) is 5.52 Å². The third-order valence-corrected chi connectivity index (χ3v) is 3.76. The van der Waals surface area contributed by atoms with Crippen LogP contribution in [0.3, 0.4) is 0 Å². The predicted octanol–water partition coefficient (Wildman–Crippen LogP) is 1.45. The van der Waals surface area contributed by atoms with E-state index < -0.39 is 0 Å². The number of aromatic nitrogens is 1. The smallest absolute Gasteiger partial charge is 0.257 e. The normalized spacial score (nSPS) is 11.9. The van der Waals surface area contributed by atoms with Gasteiger partial charge in [-0.25, -0.2) is 4.98 Å². The number of fused-ring (bicyclic) bond motifs is 1. The number of hydrazine groups is 1. The molecule has 0 radical (unpaired) electrons. The molecule has 1 atom stereocenters. The molecule has 124 valence electrons. The van der Waals surface area contributed by atoms with E-state index in [9.17, 15) is 4.79 Å². The fraction of sp³-hybridized carbons (Fsp3) is 0.357. The Morgan fingerprint density at radius 1 is 1.43 bits per heavy atom. The number of nitrogens with zero attached hydrogens (tertiary/aromatic N) is 1. The topological polar surface area (TPSA) is 88.4 Å². The van der Waals surface area contributed by atoms with Crippen molar-refractivity contribution < 1.29 is 13.9 Å². The van der Waals surface area contributed by atoms with Crippen molar-refractivity contribution in [1.82, 2.24) is 21.2 Å². The molecular weight excluding hydrogens is 336 g/mol. The van der Waals surface area contributed by atoms with Gasteiger partial charge in [-0.15, -0.1) is 0 Å². The first-order valence-electron chi connectivity index (χ1n) is 6.91. The van der Waals surface area contributed by atoms with Crippen LogP contribution in [0.1, 0.15) is 6.92 Å². The van der Waals surface area contributed by atoms with Gasteiger partial charge in [0.05, 0.1) is 12.4 Å². The summed E-state index contributed by atoms with van der Waals surface area (Å²) in [5, 5.41) is 3.75. The summed E-state index contributed by atoms with van der Waals surface area (Å²) in [5.41, 5.74) is 6.62. The van der Waals surface area contributed by atoms with Gasteiger partial charge in [0.2, 0.25) is 5.91 Å². The number of nitrogens with one attached hydrogen (secondary N) is 3. The highest BCUT2D eigenvalue weighted by Gasteiger charge is 2.09. The summed E-state index contributed by atoms with van der Waals surface area (Å²) in [6.07, 6.45) is 0. The first-order valence-corrected chi connectivity index (χ1v) is 8.30. The van der Waals surface area contributed by atoms with Crippen LogP contribution < -0.4 is 16.2 Å². The first kappa shape index (κ1) is 17.5. The number of methoxy groups -OCH3 is 1. The Labute approximate surface area is 143 Å². The molecule has 0 saturated carbocycles. The lowest BCUT2D eigenvalue weighted by molar-refractivity contribution is -0.119. The molecule has 9 heteroatoms. The second kappa shape index (κ2) is 8.70. The van der Waals surface area contributed by atoms with E-state index in [1.165, 1.54) is 11.8 Å². The van der Waals surface area contributed by atoms with E-state index in [0.29, 0.717) is 22.5 Å². The Morgan fingerprint density at radius 2 is 2.22 bits per heavy atom. The average molecular weight is 354 g/mol. The number of hydrogen-bond acceptors (Lipinski definition) is 6. The highest BCUT2D eigenvalue weighted by molar-refractivity contribution is 7.99. The third kappa shape index (κ3) is 5.70. The highest BCUT2D eigenvalue weighted by atomic mass is 32.2. The van der Waals surface area contributed by atoms with Crippen LogP contribution in [-0.2, 0) is 9.53 Å². The van der Waals surface area contributed by atoms with Gasteiger partial charge < -0.3 is 14.5 Å². The molecule has 1 aromatic heterocycles. The van der Waals surface area contributed by atoms with Gasteiger partial charge in [0.25, 0.3) is 5.22 Å². The summed E-state index contributed by atoms with van der Waals surface area (Å²) in [7, 11) is 1.61. The second-order valence-electron chi connectivity index (χ2n) is 4.74. The van der Waals surface area contributed by atoms with Crippen molar-refractivity contribution in [3.63, 3.8) is 0 Å². The van der Waals surface area contributed by atoms with Crippen molar-refractivity contribution in [2.45, 2.75) is 18.2 Å². The molecule has 23 heavy (non-hydrogen) atoms. The quantitative estimate of drug-likeness (QED) is 0.408. The molecule has 0 spiro atoms. The summed E-state index contributed by atoms with van der Waals surface area (Å²) in [4.78, 5) is 16.1. The Balaban J connectivity index is 1.71. The van der Waals surface area contributed by atoms with E-state index in [1.807, 2.05) is 31.2 Å². The number of para-hydroxylation sites is 2. The lowest BCUT2D eigenvalue weighted by atomic mass is 10.3. The Kier molecular flexibility index (Phi) is 6.63. The number of carbonyl (C=O) groups excluding carboxylic acids is 1. The fourth-order valence-corrected chi connectivity index (χ4v) is 2.64. The van der Waals surface area contributed by atoms with Crippen LogP contribution in [0.4, 0.5) is 0 Å². The van der Waals surface area contributed by atoms with E-state index >= 15 is 0 Å². The molecule has 0 aliphatic rings. The molecule has 0 bridgehead atoms. The maximum Gasteiger partial charge on any atom is 0.257 e. The zero-order chi connectivity index (χ0) is 16.7. The van der Waals surface area contributed by atoms with Crippen LogP contribution >= 0.6 is 24.0 Å². The monoisotopic (exact) mass is 354 g/mol. The molecule has 2 aromatic rings. The van der Waals surface area contributed by atoms with Gasteiger partial charge in [0.15, 0.2) is 10.7 Å². The summed E-state index contributed by atoms with van der Waals surface area (Å²) in [6, 6.07) is 7.49. The Bertz CT molecular complexity index is 644. The number of carbonyl (C=O) groups is 1. The standard InChI is InChI=1S/C14H18N4O3S2/c1-9(7-20-2)15-13(22)18-17-12(19)8-23-14-16-10-5-3-4-6-11(10)21-14/h3-6,9H,7-8H2,1-2H3,(H,17,19)(H2,15,18,22)/t9-/m0/s1. The van der Waals surface area contributed by atoms with Gasteiger partial charge in [0, 0.05) is 13.2 Å². The summed E-state index contributed by atoms with van der Waals surface area (Å²) < 4.78 is 10.5. The third-order valence-electron chi connectivity index (χ3n) is 2.71. The molecule has 0 unspecified atom stereocenters. The van der Waals surface area contributed by atoms with Crippen molar-refractivity contribution >= 4 is 46.1 Å². The highest BCUT2D eigenvalue weighted by Crippen LogP contribution is 2.22. The summed E-state index contributed by atoms with van der Waals surface area (Å²) in [6.45, 7) is 2.44. The second-order valence-corrected chi connectivity index (χ2v) is 6.07. The van der Waals surface area contributed by atoms with Crippen molar-refractivity contribution in [1.29, 1.82) is 0 Å². The number of thioether (sulfide) groups is 1. The number of rotatable bonds is 6. The lowest BCUT2D eigenvalue weighted by Gasteiger charge is -2.16. The van der Waals surface area contributed by atoms with Gasteiger partial charge in [-0.1, -0.05) is 23.9 Å². The van der Waals surface area contributed by atoms with Crippen molar-refractivity contribution in [3.8, 4) is 0 Å². The molecule has 2 rings (SSSR count). The van der Waals surface area contributed by atoms with Crippen molar-refractivity contribution in [3.05, 3.63) is 24.3 Å². The number of oxazole rings is 1. The number of ether oxygens (including phenoxy) is 1. The molecule has 0 aliphatic carbocycles. The maximum atomic E-state index is 11.8. The largest absolute Gasteiger partial charge is 0.431 e. The number of benzene rings is 1. The van der Waals surface area contributed by atoms with Crippen LogP contribution in [-0.4, -0.2) is 41.5 Å². The Hall–Kier alpha value is -1.84. The molecule has 1 amide bonds. The van der Waals surface area contributed by atoms with Crippen LogP contribution in [0, 0.1) is 0 Å². The first-order chi connectivity index (χ1) is 11.1. The lowest BCUT2D eigenvalue weighted by Crippen LogP contribution is -2.50. The van der Waals surface area contributed by atoms with Crippen molar-refractivity contribution in [2.75, 3.05) is 19.5 Å². The summed E-state index contributed by atoms with van der Waals surface area (Å²) >= 11 is 6.27. The number of amides is 1. The maximum absolute atomic E-state index is 11.8. The van der Waals surface area contributed by atoms with Gasteiger partial charge in [-0.2, -0.15) is 0 Å². The minimum Gasteiger partial charge on any atom is -0.431 e. The van der Waals surface area contributed by atoms with E-state index in [-0.39, 0.29) is 17.7 Å².